The van der Waals surface area contributed by atoms with Gasteiger partial charge in [0, 0.05) is 6.42 Å². The van der Waals surface area contributed by atoms with Crippen molar-refractivity contribution in [3.8, 4) is 11.1 Å². The molecular formula is C21H20N4O3. The molecule has 3 aromatic rings. The molecule has 0 atom stereocenters. The molecule has 7 nitrogen and oxygen atoms in total. The number of rotatable bonds is 6. The number of carbonyl (C=O) groups is 2. The van der Waals surface area contributed by atoms with E-state index in [-0.39, 0.29) is 11.4 Å². The zero-order valence-electron chi connectivity index (χ0n) is 15.3. The number of aliphatic carboxylic acids is 1. The van der Waals surface area contributed by atoms with Gasteiger partial charge in [0.25, 0.3) is 5.91 Å². The number of nitrogen functional groups attached to an aromatic ring is 1. The molecule has 0 saturated carbocycles. The summed E-state index contributed by atoms with van der Waals surface area (Å²) in [6.45, 7) is 1.19. The number of hydrogen-bond acceptors (Lipinski definition) is 5. The number of carbonyl (C=O) groups excluding carboxylic acids is 1. The van der Waals surface area contributed by atoms with Crippen molar-refractivity contribution in [3.63, 3.8) is 0 Å². The normalized spacial score (nSPS) is 10.5. The lowest BCUT2D eigenvalue weighted by Crippen LogP contribution is -2.31. The number of aryl methyl sites for hydroxylation is 1. The average molecular weight is 376 g/mol. The van der Waals surface area contributed by atoms with Crippen LogP contribution in [-0.4, -0.2) is 33.5 Å². The summed E-state index contributed by atoms with van der Waals surface area (Å²) in [5, 5.41) is 11.0. The molecular weight excluding hydrogens is 356 g/mol. The van der Waals surface area contributed by atoms with Gasteiger partial charge in [0.05, 0.1) is 11.4 Å². The van der Waals surface area contributed by atoms with Crippen molar-refractivity contribution < 1.29 is 14.7 Å². The zero-order chi connectivity index (χ0) is 20.1. The Morgan fingerprint density at radius 1 is 1.00 bits per heavy atom. The molecule has 1 amide bonds. The topological polar surface area (TPSA) is 118 Å². The van der Waals surface area contributed by atoms with Gasteiger partial charge in [-0.25, -0.2) is 9.97 Å². The maximum absolute atomic E-state index is 12.2. The quantitative estimate of drug-likeness (QED) is 0.608. The summed E-state index contributed by atoms with van der Waals surface area (Å²) in [4.78, 5) is 31.4. The Morgan fingerprint density at radius 3 is 2.29 bits per heavy atom. The molecule has 0 aliphatic carbocycles. The number of nitrogens with zero attached hydrogens (tertiary/aromatic N) is 2. The van der Waals surface area contributed by atoms with Crippen molar-refractivity contribution >= 4 is 17.6 Å². The maximum Gasteiger partial charge on any atom is 0.322 e. The van der Waals surface area contributed by atoms with Gasteiger partial charge in [-0.1, -0.05) is 54.6 Å². The Bertz CT molecular complexity index is 1000. The highest BCUT2D eigenvalue weighted by Crippen LogP contribution is 2.21. The molecule has 7 heteroatoms. The lowest BCUT2D eigenvalue weighted by Gasteiger charge is -2.10. The van der Waals surface area contributed by atoms with E-state index in [2.05, 4.69) is 15.3 Å². The second kappa shape index (κ2) is 8.30. The number of aromatic nitrogens is 2. The van der Waals surface area contributed by atoms with Gasteiger partial charge in [-0.05, 0) is 23.6 Å². The lowest BCUT2D eigenvalue weighted by molar-refractivity contribution is -0.135. The number of carboxylic acid groups (broad SMARTS) is 1. The van der Waals surface area contributed by atoms with E-state index in [1.165, 1.54) is 0 Å². The number of amides is 1. The average Bonchev–Trinajstić information content (AvgIpc) is 2.70. The molecule has 1 aromatic heterocycles. The van der Waals surface area contributed by atoms with E-state index in [0.29, 0.717) is 17.9 Å². The number of nitrogens with two attached hydrogens (primary N) is 1. The number of anilines is 1. The predicted octanol–water partition coefficient (Wildman–Crippen LogP) is 2.44. The van der Waals surface area contributed by atoms with E-state index < -0.39 is 18.4 Å². The van der Waals surface area contributed by atoms with E-state index in [9.17, 15) is 9.59 Å². The maximum atomic E-state index is 12.2. The SMILES string of the molecule is Cc1nc(Cc2ccc(-c3ccccc3)cc2)nc(C(=O)NCC(=O)O)c1N. The predicted molar refractivity (Wildman–Crippen MR) is 106 cm³/mol. The van der Waals surface area contributed by atoms with Crippen LogP contribution in [0, 0.1) is 6.92 Å². The van der Waals surface area contributed by atoms with Crippen LogP contribution in [0.15, 0.2) is 54.6 Å². The fourth-order valence-electron chi connectivity index (χ4n) is 2.76. The Morgan fingerprint density at radius 2 is 1.64 bits per heavy atom. The molecule has 2 aromatic carbocycles. The standard InChI is InChI=1S/C21H20N4O3/c1-13-19(22)20(21(28)23-12-18(26)27)25-17(24-13)11-14-7-9-16(10-8-14)15-5-3-2-4-6-15/h2-10H,11-12,22H2,1H3,(H,23,28)(H,26,27). The molecule has 0 radical (unpaired) electrons. The lowest BCUT2D eigenvalue weighted by atomic mass is 10.0. The van der Waals surface area contributed by atoms with E-state index in [0.717, 1.165) is 16.7 Å². The molecule has 28 heavy (non-hydrogen) atoms. The highest BCUT2D eigenvalue weighted by atomic mass is 16.4. The van der Waals surface area contributed by atoms with Crippen LogP contribution in [0.4, 0.5) is 5.69 Å². The number of benzene rings is 2. The molecule has 4 N–H and O–H groups in total. The summed E-state index contributed by atoms with van der Waals surface area (Å²) < 4.78 is 0. The van der Waals surface area contributed by atoms with Gasteiger partial charge >= 0.3 is 5.97 Å². The first-order valence-corrected chi connectivity index (χ1v) is 8.71. The van der Waals surface area contributed by atoms with E-state index in [4.69, 9.17) is 10.8 Å². The van der Waals surface area contributed by atoms with Crippen molar-refractivity contribution in [2.24, 2.45) is 0 Å². The zero-order valence-corrected chi connectivity index (χ0v) is 15.3. The van der Waals surface area contributed by atoms with Crippen LogP contribution in [0.25, 0.3) is 11.1 Å². The van der Waals surface area contributed by atoms with Crippen LogP contribution in [-0.2, 0) is 11.2 Å². The van der Waals surface area contributed by atoms with Crippen molar-refractivity contribution in [1.29, 1.82) is 0 Å². The summed E-state index contributed by atoms with van der Waals surface area (Å²) in [7, 11) is 0. The first kappa shape index (κ1) is 19.0. The van der Waals surface area contributed by atoms with Gasteiger partial charge in [-0.2, -0.15) is 0 Å². The molecule has 0 spiro atoms. The Balaban J connectivity index is 1.80. The summed E-state index contributed by atoms with van der Waals surface area (Å²) in [5.41, 5.74) is 9.74. The van der Waals surface area contributed by atoms with Crippen molar-refractivity contribution in [2.45, 2.75) is 13.3 Å². The van der Waals surface area contributed by atoms with Crippen molar-refractivity contribution in [1.82, 2.24) is 15.3 Å². The minimum atomic E-state index is -1.14. The third-order valence-electron chi connectivity index (χ3n) is 4.22. The number of hydrogen-bond donors (Lipinski definition) is 3. The van der Waals surface area contributed by atoms with Gasteiger partial charge in [0.15, 0.2) is 5.69 Å². The number of nitrogens with one attached hydrogen (secondary N) is 1. The second-order valence-electron chi connectivity index (χ2n) is 6.30. The van der Waals surface area contributed by atoms with Crippen LogP contribution < -0.4 is 11.1 Å². The van der Waals surface area contributed by atoms with Crippen molar-refractivity contribution in [3.05, 3.63) is 77.4 Å². The smallest absolute Gasteiger partial charge is 0.322 e. The van der Waals surface area contributed by atoms with Crippen molar-refractivity contribution in [2.75, 3.05) is 12.3 Å². The van der Waals surface area contributed by atoms with Crippen LogP contribution in [0.2, 0.25) is 0 Å². The molecule has 1 heterocycles. The molecule has 142 valence electrons. The molecule has 3 rings (SSSR count). The Labute approximate surface area is 162 Å². The van der Waals surface area contributed by atoms with Crippen LogP contribution in [0.1, 0.15) is 27.6 Å². The minimum Gasteiger partial charge on any atom is -0.480 e. The van der Waals surface area contributed by atoms with Gasteiger partial charge < -0.3 is 16.2 Å². The van der Waals surface area contributed by atoms with Gasteiger partial charge in [-0.15, -0.1) is 0 Å². The van der Waals surface area contributed by atoms with Gasteiger partial charge in [0.2, 0.25) is 0 Å². The van der Waals surface area contributed by atoms with E-state index >= 15 is 0 Å². The van der Waals surface area contributed by atoms with E-state index in [1.54, 1.807) is 6.92 Å². The van der Waals surface area contributed by atoms with Gasteiger partial charge in [0.1, 0.15) is 12.4 Å². The molecule has 0 fully saturated rings. The Kier molecular flexibility index (Phi) is 5.64. The summed E-state index contributed by atoms with van der Waals surface area (Å²) in [6.07, 6.45) is 0.426. The van der Waals surface area contributed by atoms with Crippen LogP contribution in [0.3, 0.4) is 0 Å². The fourth-order valence-corrected chi connectivity index (χ4v) is 2.76. The van der Waals surface area contributed by atoms with Gasteiger partial charge in [-0.3, -0.25) is 9.59 Å². The Hall–Kier alpha value is -3.74. The third kappa shape index (κ3) is 4.50. The summed E-state index contributed by atoms with van der Waals surface area (Å²) in [5.74, 6) is -1.33. The van der Waals surface area contributed by atoms with Crippen LogP contribution >= 0.6 is 0 Å². The summed E-state index contributed by atoms with van der Waals surface area (Å²) >= 11 is 0. The monoisotopic (exact) mass is 376 g/mol. The van der Waals surface area contributed by atoms with E-state index in [1.807, 2.05) is 54.6 Å². The first-order chi connectivity index (χ1) is 13.4. The highest BCUT2D eigenvalue weighted by Gasteiger charge is 2.17. The second-order valence-corrected chi connectivity index (χ2v) is 6.30. The third-order valence-corrected chi connectivity index (χ3v) is 4.22. The van der Waals surface area contributed by atoms with Crippen LogP contribution in [0.5, 0.6) is 0 Å². The molecule has 0 unspecified atom stereocenters. The number of carboxylic acids is 1. The highest BCUT2D eigenvalue weighted by molar-refractivity contribution is 5.98. The summed E-state index contributed by atoms with van der Waals surface area (Å²) in [6, 6.07) is 18.1. The largest absolute Gasteiger partial charge is 0.480 e. The minimum absolute atomic E-state index is 0.00958. The molecule has 0 aliphatic rings. The molecule has 0 saturated heterocycles. The fraction of sp³-hybridized carbons (Fsp3) is 0.143. The molecule has 0 bridgehead atoms. The first-order valence-electron chi connectivity index (χ1n) is 8.71. The molecule has 0 aliphatic heterocycles.